The van der Waals surface area contributed by atoms with Crippen LogP contribution in [0.1, 0.15) is 53.5 Å². The minimum atomic E-state index is -0.294. The largest absolute Gasteiger partial charge is 0.350 e. The molecule has 2 N–H and O–H groups in total. The summed E-state index contributed by atoms with van der Waals surface area (Å²) in [5.74, 6) is -0.283. The number of H-pyrrole nitrogens is 1. The zero-order valence-corrected chi connectivity index (χ0v) is 17.1. The van der Waals surface area contributed by atoms with E-state index in [1.165, 1.54) is 22.3 Å². The van der Waals surface area contributed by atoms with Gasteiger partial charge in [0.15, 0.2) is 5.69 Å². The van der Waals surface area contributed by atoms with Gasteiger partial charge in [0.25, 0.3) is 11.5 Å². The van der Waals surface area contributed by atoms with Crippen LogP contribution in [0.15, 0.2) is 41.2 Å². The molecule has 146 valence electrons. The minimum absolute atomic E-state index is 0.110. The maximum Gasteiger partial charge on any atom is 0.272 e. The predicted octanol–water partition coefficient (Wildman–Crippen LogP) is 3.81. The number of fused-ring (bicyclic) bond motifs is 1. The van der Waals surface area contributed by atoms with E-state index in [1.54, 1.807) is 24.3 Å². The van der Waals surface area contributed by atoms with Crippen LogP contribution in [0.3, 0.4) is 0 Å². The fourth-order valence-corrected chi connectivity index (χ4v) is 3.49. The van der Waals surface area contributed by atoms with Gasteiger partial charge in [-0.25, -0.2) is 5.10 Å². The van der Waals surface area contributed by atoms with Gasteiger partial charge in [0, 0.05) is 11.9 Å². The molecule has 0 unspecified atom stereocenters. The fourth-order valence-electron chi connectivity index (χ4n) is 3.49. The van der Waals surface area contributed by atoms with E-state index >= 15 is 0 Å². The van der Waals surface area contributed by atoms with Gasteiger partial charge >= 0.3 is 0 Å². The number of rotatable bonds is 4. The fraction of sp³-hybridized carbons (Fsp3) is 0.348. The highest BCUT2D eigenvalue weighted by molar-refractivity contribution is 6.04. The number of nitrogens with zero attached hydrogens (tertiary/aromatic N) is 1. The third kappa shape index (κ3) is 3.98. The van der Waals surface area contributed by atoms with Crippen molar-refractivity contribution in [2.75, 3.05) is 6.54 Å². The summed E-state index contributed by atoms with van der Waals surface area (Å²) in [6.45, 7) is 11.4. The molecular weight excluding hydrogens is 350 g/mol. The summed E-state index contributed by atoms with van der Waals surface area (Å²) in [5.41, 5.74) is 5.12. The molecule has 1 heterocycles. The van der Waals surface area contributed by atoms with Crippen molar-refractivity contribution in [3.8, 4) is 0 Å². The number of aromatic amines is 1. The molecule has 0 atom stereocenters. The Kier molecular flexibility index (Phi) is 5.36. The van der Waals surface area contributed by atoms with Crippen LogP contribution < -0.4 is 10.9 Å². The molecule has 0 radical (unpaired) electrons. The van der Waals surface area contributed by atoms with E-state index in [0.717, 1.165) is 6.42 Å². The molecule has 0 aliphatic rings. The second kappa shape index (κ2) is 7.58. The Labute approximate surface area is 165 Å². The Balaban J connectivity index is 1.75. The van der Waals surface area contributed by atoms with Gasteiger partial charge in [-0.1, -0.05) is 51.1 Å². The first-order valence-corrected chi connectivity index (χ1v) is 9.54. The number of aryl methyl sites for hydroxylation is 2. The molecule has 1 amide bonds. The van der Waals surface area contributed by atoms with Crippen LogP contribution in [0.2, 0.25) is 0 Å². The normalized spacial score (nSPS) is 11.6. The number of carbonyl (C=O) groups excluding carboxylic acids is 1. The molecule has 3 aromatic rings. The van der Waals surface area contributed by atoms with Crippen LogP contribution in [0, 0.1) is 13.8 Å². The second-order valence-corrected chi connectivity index (χ2v) is 8.29. The molecule has 0 aliphatic heterocycles. The maximum atomic E-state index is 12.6. The van der Waals surface area contributed by atoms with Crippen LogP contribution in [0.25, 0.3) is 10.8 Å². The van der Waals surface area contributed by atoms with E-state index < -0.39 is 0 Å². The van der Waals surface area contributed by atoms with Crippen molar-refractivity contribution in [2.24, 2.45) is 0 Å². The van der Waals surface area contributed by atoms with Crippen LogP contribution in [-0.4, -0.2) is 22.6 Å². The van der Waals surface area contributed by atoms with Crippen molar-refractivity contribution in [1.29, 1.82) is 0 Å². The lowest BCUT2D eigenvalue weighted by Crippen LogP contribution is -2.28. The summed E-state index contributed by atoms with van der Waals surface area (Å²) in [4.78, 5) is 24.5. The van der Waals surface area contributed by atoms with Gasteiger partial charge in [0.2, 0.25) is 0 Å². The van der Waals surface area contributed by atoms with Gasteiger partial charge in [-0.3, -0.25) is 9.59 Å². The molecule has 2 aromatic carbocycles. The zero-order valence-electron chi connectivity index (χ0n) is 17.1. The SMILES string of the molecule is Cc1cc(C(C)(C)C)cc(C)c1CCNC(=O)c1n[nH]c(=O)c2ccccc12. The smallest absolute Gasteiger partial charge is 0.272 e. The first-order chi connectivity index (χ1) is 13.2. The minimum Gasteiger partial charge on any atom is -0.350 e. The lowest BCUT2D eigenvalue weighted by molar-refractivity contribution is 0.0950. The molecule has 1 aromatic heterocycles. The van der Waals surface area contributed by atoms with E-state index in [9.17, 15) is 9.59 Å². The van der Waals surface area contributed by atoms with Gasteiger partial charge in [0.1, 0.15) is 0 Å². The quantitative estimate of drug-likeness (QED) is 0.726. The van der Waals surface area contributed by atoms with Crippen molar-refractivity contribution in [3.05, 3.63) is 74.7 Å². The average molecular weight is 377 g/mol. The van der Waals surface area contributed by atoms with Gasteiger partial charge < -0.3 is 5.32 Å². The molecule has 5 nitrogen and oxygen atoms in total. The lowest BCUT2D eigenvalue weighted by atomic mass is 9.83. The van der Waals surface area contributed by atoms with Crippen molar-refractivity contribution in [3.63, 3.8) is 0 Å². The molecular formula is C23H27N3O2. The molecule has 0 saturated heterocycles. The molecule has 3 rings (SSSR count). The summed E-state index contributed by atoms with van der Waals surface area (Å²) in [6.07, 6.45) is 0.745. The summed E-state index contributed by atoms with van der Waals surface area (Å²) in [5, 5.41) is 10.3. The number of benzene rings is 2. The first-order valence-electron chi connectivity index (χ1n) is 9.54. The summed E-state index contributed by atoms with van der Waals surface area (Å²) in [6, 6.07) is 11.5. The van der Waals surface area contributed by atoms with Crippen molar-refractivity contribution in [2.45, 2.75) is 46.5 Å². The van der Waals surface area contributed by atoms with E-state index in [-0.39, 0.29) is 22.6 Å². The number of hydrogen-bond donors (Lipinski definition) is 2. The third-order valence-electron chi connectivity index (χ3n) is 5.13. The number of nitrogens with one attached hydrogen (secondary N) is 2. The monoisotopic (exact) mass is 377 g/mol. The van der Waals surface area contributed by atoms with Crippen molar-refractivity contribution < 1.29 is 4.79 Å². The van der Waals surface area contributed by atoms with Gasteiger partial charge in [0.05, 0.1) is 5.39 Å². The summed E-state index contributed by atoms with van der Waals surface area (Å²) < 4.78 is 0. The first kappa shape index (κ1) is 19.8. The Morgan fingerprint density at radius 1 is 1.07 bits per heavy atom. The Morgan fingerprint density at radius 3 is 2.29 bits per heavy atom. The highest BCUT2D eigenvalue weighted by Gasteiger charge is 2.17. The third-order valence-corrected chi connectivity index (χ3v) is 5.13. The number of aromatic nitrogens is 2. The lowest BCUT2D eigenvalue weighted by Gasteiger charge is -2.22. The van der Waals surface area contributed by atoms with Crippen molar-refractivity contribution in [1.82, 2.24) is 15.5 Å². The molecule has 28 heavy (non-hydrogen) atoms. The maximum absolute atomic E-state index is 12.6. The highest BCUT2D eigenvalue weighted by Crippen LogP contribution is 2.27. The molecule has 0 spiro atoms. The van der Waals surface area contributed by atoms with Crippen molar-refractivity contribution >= 4 is 16.7 Å². The van der Waals surface area contributed by atoms with Gasteiger partial charge in [-0.2, -0.15) is 5.10 Å². The standard InChI is InChI=1S/C23H27N3O2/c1-14-12-16(23(3,4)5)13-15(2)17(14)10-11-24-22(28)20-18-8-6-7-9-19(18)21(27)26-25-20/h6-9,12-13H,10-11H2,1-5H3,(H,24,28)(H,26,27). The molecule has 0 saturated carbocycles. The molecule has 5 heteroatoms. The second-order valence-electron chi connectivity index (χ2n) is 8.29. The van der Waals surface area contributed by atoms with Crippen LogP contribution in [0.5, 0.6) is 0 Å². The highest BCUT2D eigenvalue weighted by atomic mass is 16.2. The van der Waals surface area contributed by atoms with E-state index in [2.05, 4.69) is 62.3 Å². The molecule has 0 bridgehead atoms. The van der Waals surface area contributed by atoms with Crippen LogP contribution in [-0.2, 0) is 11.8 Å². The average Bonchev–Trinajstić information content (AvgIpc) is 2.63. The Bertz CT molecular complexity index is 1070. The van der Waals surface area contributed by atoms with Gasteiger partial charge in [-0.15, -0.1) is 0 Å². The van der Waals surface area contributed by atoms with Gasteiger partial charge in [-0.05, 0) is 54.0 Å². The van der Waals surface area contributed by atoms with E-state index in [4.69, 9.17) is 0 Å². The Hall–Kier alpha value is -2.95. The zero-order chi connectivity index (χ0) is 20.5. The Morgan fingerprint density at radius 2 is 1.68 bits per heavy atom. The van der Waals surface area contributed by atoms with Crippen LogP contribution >= 0.6 is 0 Å². The van der Waals surface area contributed by atoms with E-state index in [0.29, 0.717) is 17.3 Å². The number of hydrogen-bond acceptors (Lipinski definition) is 3. The topological polar surface area (TPSA) is 74.8 Å². The van der Waals surface area contributed by atoms with Crippen LogP contribution in [0.4, 0.5) is 0 Å². The summed E-state index contributed by atoms with van der Waals surface area (Å²) >= 11 is 0. The number of carbonyl (C=O) groups is 1. The number of amides is 1. The molecule has 0 aliphatic carbocycles. The molecule has 0 fully saturated rings. The summed E-state index contributed by atoms with van der Waals surface area (Å²) in [7, 11) is 0. The van der Waals surface area contributed by atoms with E-state index in [1.807, 2.05) is 0 Å². The predicted molar refractivity (Wildman–Crippen MR) is 113 cm³/mol.